The molecule has 2 aromatic rings. The minimum Gasteiger partial charge on any atom is -0.495 e. The Kier molecular flexibility index (Phi) is 2.91. The number of methoxy groups -OCH3 is 1. The Bertz CT molecular complexity index is 551. The molecule has 1 atom stereocenters. The van der Waals surface area contributed by atoms with Crippen LogP contribution in [0.25, 0.3) is 5.65 Å². The van der Waals surface area contributed by atoms with Crippen molar-refractivity contribution in [2.24, 2.45) is 0 Å². The molecule has 5 heteroatoms. The number of piperidine rings is 1. The zero-order valence-corrected chi connectivity index (χ0v) is 10.8. The molecule has 1 unspecified atom stereocenters. The quantitative estimate of drug-likeness (QED) is 0.806. The summed E-state index contributed by atoms with van der Waals surface area (Å²) in [7, 11) is 3.84. The van der Waals surface area contributed by atoms with Gasteiger partial charge < -0.3 is 9.64 Å². The van der Waals surface area contributed by atoms with Gasteiger partial charge in [-0.05, 0) is 38.6 Å². The van der Waals surface area contributed by atoms with E-state index < -0.39 is 0 Å². The number of pyridine rings is 1. The molecule has 0 N–H and O–H groups in total. The van der Waals surface area contributed by atoms with Crippen LogP contribution in [0, 0.1) is 0 Å². The third-order valence-corrected chi connectivity index (χ3v) is 3.63. The molecule has 0 spiro atoms. The number of fused-ring (bicyclic) bond motifs is 1. The highest BCUT2D eigenvalue weighted by Gasteiger charge is 2.23. The van der Waals surface area contributed by atoms with Crippen LogP contribution >= 0.6 is 0 Å². The van der Waals surface area contributed by atoms with Crippen LogP contribution in [0.1, 0.15) is 24.6 Å². The summed E-state index contributed by atoms with van der Waals surface area (Å²) >= 11 is 0. The lowest BCUT2D eigenvalue weighted by atomic mass is 9.98. The van der Waals surface area contributed by atoms with E-state index in [0.717, 1.165) is 23.8 Å². The molecule has 1 fully saturated rings. The number of nitrogens with zero attached hydrogens (tertiary/aromatic N) is 4. The largest absolute Gasteiger partial charge is 0.495 e. The van der Waals surface area contributed by atoms with Crippen LogP contribution in [0.3, 0.4) is 0 Å². The SMILES string of the molecule is COc1ccc2nnc(C3CCCN(C)C3)n2c1. The van der Waals surface area contributed by atoms with E-state index in [-0.39, 0.29) is 0 Å². The second-order valence-corrected chi connectivity index (χ2v) is 4.96. The van der Waals surface area contributed by atoms with Gasteiger partial charge in [-0.15, -0.1) is 10.2 Å². The standard InChI is InChI=1S/C13H18N4O/c1-16-7-3-4-10(8-16)13-15-14-12-6-5-11(18-2)9-17(12)13/h5-6,9-10H,3-4,7-8H2,1-2H3. The highest BCUT2D eigenvalue weighted by atomic mass is 16.5. The Morgan fingerprint density at radius 3 is 3.00 bits per heavy atom. The summed E-state index contributed by atoms with van der Waals surface area (Å²) in [5.41, 5.74) is 0.888. The van der Waals surface area contributed by atoms with Gasteiger partial charge in [-0.2, -0.15) is 0 Å². The molecule has 3 rings (SSSR count). The Hall–Kier alpha value is -1.62. The van der Waals surface area contributed by atoms with Crippen molar-refractivity contribution in [3.8, 4) is 5.75 Å². The van der Waals surface area contributed by atoms with E-state index in [1.807, 2.05) is 18.3 Å². The van der Waals surface area contributed by atoms with Crippen molar-refractivity contribution >= 4 is 5.65 Å². The lowest BCUT2D eigenvalue weighted by Crippen LogP contribution is -2.31. The van der Waals surface area contributed by atoms with Gasteiger partial charge in [-0.3, -0.25) is 4.40 Å². The van der Waals surface area contributed by atoms with Gasteiger partial charge in [0.15, 0.2) is 5.65 Å². The van der Waals surface area contributed by atoms with Crippen LogP contribution in [0.4, 0.5) is 0 Å². The maximum Gasteiger partial charge on any atom is 0.161 e. The summed E-state index contributed by atoms with van der Waals surface area (Å²) in [5, 5.41) is 8.59. The third-order valence-electron chi connectivity index (χ3n) is 3.63. The second kappa shape index (κ2) is 4.57. The van der Waals surface area contributed by atoms with Crippen molar-refractivity contribution in [1.29, 1.82) is 0 Å². The van der Waals surface area contributed by atoms with E-state index in [0.29, 0.717) is 5.92 Å². The van der Waals surface area contributed by atoms with Crippen molar-refractivity contribution < 1.29 is 4.74 Å². The predicted octanol–water partition coefficient (Wildman–Crippen LogP) is 1.55. The zero-order valence-electron chi connectivity index (χ0n) is 10.8. The lowest BCUT2D eigenvalue weighted by molar-refractivity contribution is 0.245. The average Bonchev–Trinajstić information content (AvgIpc) is 2.81. The molecular weight excluding hydrogens is 228 g/mol. The molecule has 1 aliphatic rings. The van der Waals surface area contributed by atoms with Crippen molar-refractivity contribution in [3.05, 3.63) is 24.2 Å². The van der Waals surface area contributed by atoms with E-state index in [4.69, 9.17) is 4.74 Å². The van der Waals surface area contributed by atoms with E-state index in [2.05, 4.69) is 26.5 Å². The minimum atomic E-state index is 0.464. The fourth-order valence-electron chi connectivity index (χ4n) is 2.67. The Labute approximate surface area is 106 Å². The van der Waals surface area contributed by atoms with Gasteiger partial charge in [0.25, 0.3) is 0 Å². The first kappa shape index (κ1) is 11.5. The summed E-state index contributed by atoms with van der Waals surface area (Å²) in [6.07, 6.45) is 4.38. The van der Waals surface area contributed by atoms with E-state index in [1.54, 1.807) is 7.11 Å². The third kappa shape index (κ3) is 1.95. The van der Waals surface area contributed by atoms with Crippen LogP contribution in [-0.4, -0.2) is 46.7 Å². The molecule has 2 aromatic heterocycles. The maximum atomic E-state index is 5.27. The molecular formula is C13H18N4O. The van der Waals surface area contributed by atoms with Crippen LogP contribution in [0.15, 0.2) is 18.3 Å². The molecule has 3 heterocycles. The molecule has 18 heavy (non-hydrogen) atoms. The van der Waals surface area contributed by atoms with E-state index in [9.17, 15) is 0 Å². The van der Waals surface area contributed by atoms with E-state index in [1.165, 1.54) is 19.4 Å². The maximum absolute atomic E-state index is 5.27. The number of hydrogen-bond acceptors (Lipinski definition) is 4. The van der Waals surface area contributed by atoms with Gasteiger partial charge in [-0.1, -0.05) is 0 Å². The fraction of sp³-hybridized carbons (Fsp3) is 0.538. The fourth-order valence-corrected chi connectivity index (χ4v) is 2.67. The summed E-state index contributed by atoms with van der Waals surface area (Å²) in [4.78, 5) is 2.36. The van der Waals surface area contributed by atoms with Gasteiger partial charge in [0.1, 0.15) is 11.6 Å². The monoisotopic (exact) mass is 246 g/mol. The molecule has 0 saturated carbocycles. The Morgan fingerprint density at radius 2 is 2.22 bits per heavy atom. The molecule has 96 valence electrons. The summed E-state index contributed by atoms with van der Waals surface area (Å²) < 4.78 is 7.33. The van der Waals surface area contributed by atoms with Gasteiger partial charge in [0.05, 0.1) is 13.3 Å². The first-order valence-electron chi connectivity index (χ1n) is 6.35. The minimum absolute atomic E-state index is 0.464. The van der Waals surface area contributed by atoms with Gasteiger partial charge in [-0.25, -0.2) is 0 Å². The lowest BCUT2D eigenvalue weighted by Gasteiger charge is -2.28. The number of aromatic nitrogens is 3. The number of rotatable bonds is 2. The second-order valence-electron chi connectivity index (χ2n) is 4.96. The normalized spacial score (nSPS) is 21.3. The summed E-state index contributed by atoms with van der Waals surface area (Å²) in [5.74, 6) is 2.36. The molecule has 0 amide bonds. The number of likely N-dealkylation sites (tertiary alicyclic amines) is 1. The number of likely N-dealkylation sites (N-methyl/N-ethyl adjacent to an activating group) is 1. The first-order chi connectivity index (χ1) is 8.78. The van der Waals surface area contributed by atoms with Crippen molar-refractivity contribution in [2.75, 3.05) is 27.2 Å². The van der Waals surface area contributed by atoms with Gasteiger partial charge in [0, 0.05) is 12.5 Å². The molecule has 0 aromatic carbocycles. The van der Waals surface area contributed by atoms with Crippen molar-refractivity contribution in [2.45, 2.75) is 18.8 Å². The first-order valence-corrected chi connectivity index (χ1v) is 6.35. The van der Waals surface area contributed by atoms with Crippen molar-refractivity contribution in [3.63, 3.8) is 0 Å². The molecule has 5 nitrogen and oxygen atoms in total. The highest BCUT2D eigenvalue weighted by Crippen LogP contribution is 2.26. The number of ether oxygens (including phenoxy) is 1. The topological polar surface area (TPSA) is 42.7 Å². The Morgan fingerprint density at radius 1 is 1.33 bits per heavy atom. The van der Waals surface area contributed by atoms with Gasteiger partial charge in [0.2, 0.25) is 0 Å². The smallest absolute Gasteiger partial charge is 0.161 e. The van der Waals surface area contributed by atoms with Crippen LogP contribution < -0.4 is 4.74 Å². The zero-order chi connectivity index (χ0) is 12.5. The van der Waals surface area contributed by atoms with Crippen LogP contribution in [-0.2, 0) is 0 Å². The highest BCUT2D eigenvalue weighted by molar-refractivity contribution is 5.42. The van der Waals surface area contributed by atoms with Crippen LogP contribution in [0.2, 0.25) is 0 Å². The summed E-state index contributed by atoms with van der Waals surface area (Å²) in [6.45, 7) is 2.23. The molecule has 0 radical (unpaired) electrons. The number of hydrogen-bond donors (Lipinski definition) is 0. The van der Waals surface area contributed by atoms with Crippen LogP contribution in [0.5, 0.6) is 5.75 Å². The average molecular weight is 246 g/mol. The summed E-state index contributed by atoms with van der Waals surface area (Å²) in [6, 6.07) is 3.86. The molecule has 1 aliphatic heterocycles. The van der Waals surface area contributed by atoms with Gasteiger partial charge >= 0.3 is 0 Å². The molecule has 0 aliphatic carbocycles. The van der Waals surface area contributed by atoms with E-state index >= 15 is 0 Å². The predicted molar refractivity (Wildman–Crippen MR) is 69.0 cm³/mol. The van der Waals surface area contributed by atoms with Crippen molar-refractivity contribution in [1.82, 2.24) is 19.5 Å². The molecule has 0 bridgehead atoms. The molecule has 1 saturated heterocycles. The Balaban J connectivity index is 2.00.